The molecular weight excluding hydrogens is 444 g/mol. The van der Waals surface area contributed by atoms with Crippen LogP contribution in [0.15, 0.2) is 12.2 Å². The van der Waals surface area contributed by atoms with Crippen LogP contribution in [0.3, 0.4) is 0 Å². The smallest absolute Gasteiger partial charge is 0.192 e. The highest BCUT2D eigenvalue weighted by molar-refractivity contribution is 6.74. The molecule has 0 amide bonds. The Balaban J connectivity index is 3.23. The van der Waals surface area contributed by atoms with Gasteiger partial charge in [0.05, 0.1) is 18.3 Å². The van der Waals surface area contributed by atoms with E-state index in [4.69, 9.17) is 8.85 Å². The highest BCUT2D eigenvalue weighted by Gasteiger charge is 2.50. The summed E-state index contributed by atoms with van der Waals surface area (Å²) >= 11 is 0. The summed E-state index contributed by atoms with van der Waals surface area (Å²) in [6.07, 6.45) is 9.66. The fraction of sp³-hybridized carbons (Fsp3) is 0.926. The van der Waals surface area contributed by atoms with E-state index in [0.29, 0.717) is 6.42 Å². The van der Waals surface area contributed by atoms with Crippen molar-refractivity contribution in [1.82, 2.24) is 0 Å². The van der Waals surface area contributed by atoms with Crippen molar-refractivity contribution in [3.63, 3.8) is 0 Å². The Morgan fingerprint density at radius 1 is 0.909 bits per heavy atom. The molecule has 1 fully saturated rings. The molecule has 0 aromatic heterocycles. The van der Waals surface area contributed by atoms with Crippen molar-refractivity contribution in [2.45, 2.75) is 142 Å². The molecule has 0 radical (unpaired) electrons. The maximum atomic E-state index is 10.6. The molecule has 6 heteroatoms. The van der Waals surface area contributed by atoms with E-state index in [-0.39, 0.29) is 40.7 Å². The molecule has 1 saturated carbocycles. The zero-order chi connectivity index (χ0) is 25.7. The monoisotopic (exact) mass is 500 g/mol. The molecule has 1 rings (SSSR count). The van der Waals surface area contributed by atoms with E-state index in [1.54, 1.807) is 0 Å². The molecule has 0 aromatic carbocycles. The Kier molecular flexibility index (Phi) is 11.6. The van der Waals surface area contributed by atoms with Gasteiger partial charge in [-0.1, -0.05) is 79.9 Å². The van der Waals surface area contributed by atoms with Crippen LogP contribution in [0.1, 0.15) is 87.0 Å². The van der Waals surface area contributed by atoms with E-state index in [1.165, 1.54) is 0 Å². The lowest BCUT2D eigenvalue weighted by molar-refractivity contribution is 0.111. The van der Waals surface area contributed by atoms with Gasteiger partial charge in [-0.05, 0) is 61.4 Å². The molecule has 196 valence electrons. The zero-order valence-corrected chi connectivity index (χ0v) is 25.7. The summed E-state index contributed by atoms with van der Waals surface area (Å²) in [6.45, 7) is 25.3. The Morgan fingerprint density at radius 2 is 1.42 bits per heavy atom. The lowest BCUT2D eigenvalue weighted by Gasteiger charge is -2.40. The van der Waals surface area contributed by atoms with Crippen LogP contribution in [0, 0.1) is 11.8 Å². The van der Waals surface area contributed by atoms with E-state index in [1.807, 2.05) is 6.08 Å². The normalized spacial score (nSPS) is 26.3. The van der Waals surface area contributed by atoms with E-state index in [9.17, 15) is 10.2 Å². The Morgan fingerprint density at radius 3 is 1.88 bits per heavy atom. The molecule has 0 aromatic rings. The highest BCUT2D eigenvalue weighted by Crippen LogP contribution is 2.47. The van der Waals surface area contributed by atoms with E-state index in [0.717, 1.165) is 32.1 Å². The van der Waals surface area contributed by atoms with Crippen LogP contribution in [0.25, 0.3) is 0 Å². The predicted octanol–water partition coefficient (Wildman–Crippen LogP) is 7.28. The average Bonchev–Trinajstić information content (AvgIpc) is 2.93. The SMILES string of the molecule is CCCCC[C@@H](O)/C=C/[C@H]1[C@@H](CCO)[C@@H](O[Si](C)(C)C(C)(C)C)C[C@H]1O[Si](C)(C)C(C)(C)C. The van der Waals surface area contributed by atoms with Crippen LogP contribution in [0.2, 0.25) is 36.3 Å². The molecule has 33 heavy (non-hydrogen) atoms. The van der Waals surface area contributed by atoms with Crippen molar-refractivity contribution in [1.29, 1.82) is 0 Å². The summed E-state index contributed by atoms with van der Waals surface area (Å²) in [4.78, 5) is 0. The fourth-order valence-corrected chi connectivity index (χ4v) is 6.95. The van der Waals surface area contributed by atoms with Crippen molar-refractivity contribution in [2.24, 2.45) is 11.8 Å². The summed E-state index contributed by atoms with van der Waals surface area (Å²) in [7, 11) is -3.94. The van der Waals surface area contributed by atoms with Crippen molar-refractivity contribution >= 4 is 16.6 Å². The highest BCUT2D eigenvalue weighted by atomic mass is 28.4. The van der Waals surface area contributed by atoms with Crippen molar-refractivity contribution in [3.05, 3.63) is 12.2 Å². The van der Waals surface area contributed by atoms with Gasteiger partial charge < -0.3 is 19.1 Å². The van der Waals surface area contributed by atoms with Gasteiger partial charge in [-0.25, -0.2) is 0 Å². The van der Waals surface area contributed by atoms with Crippen LogP contribution in [0.5, 0.6) is 0 Å². The van der Waals surface area contributed by atoms with Gasteiger partial charge in [-0.15, -0.1) is 0 Å². The molecule has 0 unspecified atom stereocenters. The Bertz CT molecular complexity index is 604. The molecule has 1 aliphatic rings. The lowest BCUT2D eigenvalue weighted by atomic mass is 9.90. The summed E-state index contributed by atoms with van der Waals surface area (Å²) in [5.74, 6) is 0.361. The third-order valence-electron chi connectivity index (χ3n) is 8.49. The number of hydrogen-bond acceptors (Lipinski definition) is 4. The second-order valence-electron chi connectivity index (χ2n) is 13.3. The minimum Gasteiger partial charge on any atom is -0.414 e. The second-order valence-corrected chi connectivity index (χ2v) is 22.8. The first kappa shape index (κ1) is 31.0. The van der Waals surface area contributed by atoms with Crippen LogP contribution >= 0.6 is 0 Å². The number of rotatable bonds is 12. The number of aliphatic hydroxyl groups excluding tert-OH is 2. The zero-order valence-electron chi connectivity index (χ0n) is 23.7. The summed E-state index contributed by atoms with van der Waals surface area (Å²) < 4.78 is 13.9. The standard InChI is InChI=1S/C27H56O4Si2/c1-12-13-14-15-21(29)16-17-22-23(18-19-28)25(31-33(10,11)27(5,6)7)20-24(22)30-32(8,9)26(2,3)4/h16-17,21-25,28-29H,12-15,18-20H2,1-11H3/b17-16+/t21-,22+,23-,24-,25+/m1/s1. The quantitative estimate of drug-likeness (QED) is 0.168. The van der Waals surface area contributed by atoms with E-state index < -0.39 is 22.7 Å². The molecule has 0 saturated heterocycles. The molecule has 0 aliphatic heterocycles. The third-order valence-corrected chi connectivity index (χ3v) is 17.5. The first-order valence-corrected chi connectivity index (χ1v) is 19.1. The van der Waals surface area contributed by atoms with Gasteiger partial charge in [0.25, 0.3) is 0 Å². The van der Waals surface area contributed by atoms with E-state index in [2.05, 4.69) is 80.7 Å². The lowest BCUT2D eigenvalue weighted by Crippen LogP contribution is -2.45. The fourth-order valence-electron chi connectivity index (χ4n) is 4.21. The molecule has 5 atom stereocenters. The van der Waals surface area contributed by atoms with Gasteiger partial charge in [0, 0.05) is 12.5 Å². The Hall–Kier alpha value is 0.0138. The first-order valence-electron chi connectivity index (χ1n) is 13.3. The number of aliphatic hydroxyl groups is 2. The van der Waals surface area contributed by atoms with Crippen LogP contribution in [-0.2, 0) is 8.85 Å². The van der Waals surface area contributed by atoms with Crippen LogP contribution < -0.4 is 0 Å². The average molecular weight is 501 g/mol. The van der Waals surface area contributed by atoms with Crippen LogP contribution in [-0.4, -0.2) is 51.8 Å². The summed E-state index contributed by atoms with van der Waals surface area (Å²) in [6, 6.07) is 0. The maximum absolute atomic E-state index is 10.6. The maximum Gasteiger partial charge on any atom is 0.192 e. The first-order chi connectivity index (χ1) is 15.0. The Labute approximate surface area is 207 Å². The topological polar surface area (TPSA) is 58.9 Å². The van der Waals surface area contributed by atoms with Crippen molar-refractivity contribution in [2.75, 3.05) is 6.61 Å². The molecule has 0 spiro atoms. The van der Waals surface area contributed by atoms with Gasteiger partial charge in [0.15, 0.2) is 16.6 Å². The predicted molar refractivity (Wildman–Crippen MR) is 147 cm³/mol. The molecule has 0 heterocycles. The molecule has 2 N–H and O–H groups in total. The van der Waals surface area contributed by atoms with Gasteiger partial charge in [-0.3, -0.25) is 0 Å². The second kappa shape index (κ2) is 12.3. The van der Waals surface area contributed by atoms with Gasteiger partial charge in [0.2, 0.25) is 0 Å². The van der Waals surface area contributed by atoms with Crippen LogP contribution in [0.4, 0.5) is 0 Å². The van der Waals surface area contributed by atoms with Gasteiger partial charge in [-0.2, -0.15) is 0 Å². The number of hydrogen-bond donors (Lipinski definition) is 2. The van der Waals surface area contributed by atoms with Crippen molar-refractivity contribution in [3.8, 4) is 0 Å². The molecule has 0 bridgehead atoms. The summed E-state index contributed by atoms with van der Waals surface area (Å²) in [5.41, 5.74) is 0. The minimum atomic E-state index is -1.97. The molecule has 1 aliphatic carbocycles. The number of unbranched alkanes of at least 4 members (excludes halogenated alkanes) is 2. The minimum absolute atomic E-state index is 0.0660. The largest absolute Gasteiger partial charge is 0.414 e. The van der Waals surface area contributed by atoms with Gasteiger partial charge in [0.1, 0.15) is 0 Å². The summed E-state index contributed by atoms with van der Waals surface area (Å²) in [5, 5.41) is 20.8. The molecule has 4 nitrogen and oxygen atoms in total. The molecular formula is C27H56O4Si2. The van der Waals surface area contributed by atoms with Gasteiger partial charge >= 0.3 is 0 Å². The van der Waals surface area contributed by atoms with E-state index >= 15 is 0 Å². The van der Waals surface area contributed by atoms with Crippen molar-refractivity contribution < 1.29 is 19.1 Å². The third kappa shape index (κ3) is 8.87.